The molecule has 1 aliphatic carbocycles. The highest BCUT2D eigenvalue weighted by atomic mass is 35.5. The Labute approximate surface area is 139 Å². The Morgan fingerprint density at radius 1 is 1.32 bits per heavy atom. The monoisotopic (exact) mass is 331 g/mol. The van der Waals surface area contributed by atoms with Gasteiger partial charge in [0.05, 0.1) is 11.1 Å². The van der Waals surface area contributed by atoms with Gasteiger partial charge in [0.2, 0.25) is 0 Å². The molecule has 0 N–H and O–H groups in total. The van der Waals surface area contributed by atoms with Crippen LogP contribution in [0.5, 0.6) is 0 Å². The number of aryl methyl sites for hydroxylation is 1. The van der Waals surface area contributed by atoms with E-state index in [1.165, 1.54) is 0 Å². The second-order valence-corrected chi connectivity index (χ2v) is 6.04. The van der Waals surface area contributed by atoms with Crippen LogP contribution in [0.1, 0.15) is 6.42 Å². The predicted molar refractivity (Wildman–Crippen MR) is 93.3 cm³/mol. The van der Waals surface area contributed by atoms with Crippen molar-refractivity contribution in [1.29, 1.82) is 0 Å². The molecule has 1 unspecified atom stereocenters. The topological polar surface area (TPSA) is 30.2 Å². The van der Waals surface area contributed by atoms with Gasteiger partial charge in [-0.05, 0) is 24.1 Å². The van der Waals surface area contributed by atoms with E-state index < -0.39 is 0 Å². The predicted octanol–water partition coefficient (Wildman–Crippen LogP) is 4.94. The first-order valence-corrected chi connectivity index (χ1v) is 7.80. The molecule has 2 aromatic rings. The van der Waals surface area contributed by atoms with Crippen LogP contribution >= 0.6 is 23.2 Å². The lowest BCUT2D eigenvalue weighted by Gasteiger charge is -2.10. The summed E-state index contributed by atoms with van der Waals surface area (Å²) < 4.78 is 1.75. The maximum absolute atomic E-state index is 6.26. The first kappa shape index (κ1) is 15.1. The number of aromatic nitrogens is 2. The van der Waals surface area contributed by atoms with Crippen molar-refractivity contribution < 1.29 is 0 Å². The molecule has 1 heterocycles. The molecule has 5 heteroatoms. The second-order valence-electron chi connectivity index (χ2n) is 5.07. The zero-order valence-electron chi connectivity index (χ0n) is 12.1. The zero-order chi connectivity index (χ0) is 15.5. The van der Waals surface area contributed by atoms with Gasteiger partial charge < -0.3 is 0 Å². The number of hydrogen-bond donors (Lipinski definition) is 0. The Bertz CT molecular complexity index is 755. The van der Waals surface area contributed by atoms with Gasteiger partial charge in [-0.1, -0.05) is 42.0 Å². The van der Waals surface area contributed by atoms with Crippen molar-refractivity contribution in [3.63, 3.8) is 0 Å². The first-order valence-electron chi connectivity index (χ1n) is 6.98. The van der Waals surface area contributed by atoms with Crippen molar-refractivity contribution in [3.05, 3.63) is 59.2 Å². The summed E-state index contributed by atoms with van der Waals surface area (Å²) in [5, 5.41) is 5.18. The van der Waals surface area contributed by atoms with Gasteiger partial charge in [0.1, 0.15) is 0 Å². The number of halogens is 2. The average Bonchev–Trinajstić information content (AvgIpc) is 2.88. The van der Waals surface area contributed by atoms with Gasteiger partial charge in [-0.3, -0.25) is 4.68 Å². The maximum atomic E-state index is 6.26. The van der Waals surface area contributed by atoms with Crippen LogP contribution in [-0.2, 0) is 7.05 Å². The van der Waals surface area contributed by atoms with E-state index in [1.807, 2.05) is 55.7 Å². The van der Waals surface area contributed by atoms with Crippen LogP contribution in [0.15, 0.2) is 59.1 Å². The van der Waals surface area contributed by atoms with Crippen LogP contribution in [0.2, 0.25) is 5.02 Å². The van der Waals surface area contributed by atoms with Gasteiger partial charge in [0, 0.05) is 29.9 Å². The molecule has 0 bridgehead atoms. The fraction of sp³-hybridized carbons (Fsp3) is 0.176. The van der Waals surface area contributed by atoms with Gasteiger partial charge in [0.15, 0.2) is 5.82 Å². The summed E-state index contributed by atoms with van der Waals surface area (Å²) in [6.07, 6.45) is 8.69. The van der Waals surface area contributed by atoms with Crippen LogP contribution < -0.4 is 0 Å². The van der Waals surface area contributed by atoms with Crippen molar-refractivity contribution in [1.82, 2.24) is 9.78 Å². The van der Waals surface area contributed by atoms with E-state index in [-0.39, 0.29) is 5.38 Å². The molecule has 1 atom stereocenters. The molecule has 0 aliphatic heterocycles. The van der Waals surface area contributed by atoms with Gasteiger partial charge in [-0.2, -0.15) is 5.10 Å². The van der Waals surface area contributed by atoms with Gasteiger partial charge in [-0.25, -0.2) is 4.99 Å². The average molecular weight is 332 g/mol. The summed E-state index contributed by atoms with van der Waals surface area (Å²) in [7, 11) is 1.87. The first-order chi connectivity index (χ1) is 10.6. The normalized spacial score (nSPS) is 18.0. The number of benzene rings is 1. The lowest BCUT2D eigenvalue weighted by molar-refractivity contribution is 0.774. The highest BCUT2D eigenvalue weighted by Crippen LogP contribution is 2.25. The highest BCUT2D eigenvalue weighted by Gasteiger charge is 2.11. The molecule has 0 saturated heterocycles. The minimum atomic E-state index is -0.0160. The van der Waals surface area contributed by atoms with E-state index >= 15 is 0 Å². The molecule has 1 aromatic carbocycles. The van der Waals surface area contributed by atoms with Crippen molar-refractivity contribution in [2.45, 2.75) is 11.8 Å². The van der Waals surface area contributed by atoms with Crippen molar-refractivity contribution >= 4 is 35.2 Å². The third-order valence-electron chi connectivity index (χ3n) is 3.47. The van der Waals surface area contributed by atoms with Crippen LogP contribution in [-0.4, -0.2) is 21.4 Å². The Morgan fingerprint density at radius 3 is 2.82 bits per heavy atom. The van der Waals surface area contributed by atoms with Crippen molar-refractivity contribution in [2.24, 2.45) is 12.0 Å². The summed E-state index contributed by atoms with van der Waals surface area (Å²) >= 11 is 12.2. The molecule has 0 spiro atoms. The van der Waals surface area contributed by atoms with E-state index in [0.717, 1.165) is 29.1 Å². The van der Waals surface area contributed by atoms with Gasteiger partial charge in [0.25, 0.3) is 0 Å². The van der Waals surface area contributed by atoms with Crippen molar-refractivity contribution in [3.8, 4) is 11.3 Å². The molecule has 0 amide bonds. The smallest absolute Gasteiger partial charge is 0.150 e. The minimum absolute atomic E-state index is 0.0160. The molecule has 0 fully saturated rings. The fourth-order valence-electron chi connectivity index (χ4n) is 2.22. The third kappa shape index (κ3) is 3.32. The Kier molecular flexibility index (Phi) is 4.46. The Morgan fingerprint density at radius 2 is 2.09 bits per heavy atom. The van der Waals surface area contributed by atoms with E-state index in [4.69, 9.17) is 23.2 Å². The number of hydrogen-bond acceptors (Lipinski definition) is 2. The van der Waals surface area contributed by atoms with Crippen LogP contribution in [0.4, 0.5) is 5.82 Å². The Hall–Kier alpha value is -1.84. The highest BCUT2D eigenvalue weighted by molar-refractivity contribution is 6.30. The number of nitrogens with zero attached hydrogens (tertiary/aromatic N) is 3. The molecular weight excluding hydrogens is 317 g/mol. The summed E-state index contributed by atoms with van der Waals surface area (Å²) in [5.41, 5.74) is 2.89. The van der Waals surface area contributed by atoms with E-state index in [1.54, 1.807) is 4.68 Å². The molecule has 1 aliphatic rings. The summed E-state index contributed by atoms with van der Waals surface area (Å²) in [6, 6.07) is 9.54. The summed E-state index contributed by atoms with van der Waals surface area (Å²) in [5.74, 6) is 0.782. The molecule has 22 heavy (non-hydrogen) atoms. The van der Waals surface area contributed by atoms with Gasteiger partial charge in [-0.15, -0.1) is 11.6 Å². The van der Waals surface area contributed by atoms with Crippen LogP contribution in [0.3, 0.4) is 0 Å². The Balaban J connectivity index is 1.85. The number of allylic oxidation sites excluding steroid dienone is 4. The second kappa shape index (κ2) is 6.51. The zero-order valence-corrected chi connectivity index (χ0v) is 13.6. The standard InChI is InChI=1S/C17H15Cl2N3/c1-22-17(20-11-13-4-2-3-5-15(13)19)10-16(21-22)12-6-8-14(18)9-7-12/h2-4,6-11,15H,5H2,1H3. The summed E-state index contributed by atoms with van der Waals surface area (Å²) in [6.45, 7) is 0. The molecule has 3 rings (SSSR count). The molecule has 112 valence electrons. The number of alkyl halides is 1. The number of rotatable bonds is 3. The largest absolute Gasteiger partial charge is 0.250 e. The van der Waals surface area contributed by atoms with Crippen molar-refractivity contribution in [2.75, 3.05) is 0 Å². The molecule has 0 saturated carbocycles. The van der Waals surface area contributed by atoms with Gasteiger partial charge >= 0.3 is 0 Å². The van der Waals surface area contributed by atoms with E-state index in [0.29, 0.717) is 5.02 Å². The fourth-order valence-corrected chi connectivity index (χ4v) is 2.58. The van der Waals surface area contributed by atoms with E-state index in [9.17, 15) is 0 Å². The van der Waals surface area contributed by atoms with Crippen LogP contribution in [0, 0.1) is 0 Å². The third-order valence-corrected chi connectivity index (χ3v) is 4.15. The van der Waals surface area contributed by atoms with E-state index in [2.05, 4.69) is 16.2 Å². The summed E-state index contributed by atoms with van der Waals surface area (Å²) in [4.78, 5) is 4.51. The molecule has 1 aromatic heterocycles. The quantitative estimate of drug-likeness (QED) is 0.578. The lowest BCUT2D eigenvalue weighted by Crippen LogP contribution is -2.05. The minimum Gasteiger partial charge on any atom is -0.250 e. The molecular formula is C17H15Cl2N3. The molecule has 3 nitrogen and oxygen atoms in total. The molecule has 0 radical (unpaired) electrons. The maximum Gasteiger partial charge on any atom is 0.150 e. The SMILES string of the molecule is Cn1nc(-c2ccc(Cl)cc2)cc1N=CC1=CC=CCC1Cl. The number of aliphatic imine (C=N–C) groups is 1. The lowest BCUT2D eigenvalue weighted by atomic mass is 10.1. The van der Waals surface area contributed by atoms with Crippen LogP contribution in [0.25, 0.3) is 11.3 Å².